The molecule has 1 aliphatic heterocycles. The summed E-state index contributed by atoms with van der Waals surface area (Å²) in [5.41, 5.74) is 2.57. The molecule has 3 heterocycles. The molecule has 2 aromatic heterocycles. The number of anilines is 1. The van der Waals surface area contributed by atoms with Gasteiger partial charge in [0.1, 0.15) is 17.5 Å². The van der Waals surface area contributed by atoms with Gasteiger partial charge in [0.25, 0.3) is 0 Å². The van der Waals surface area contributed by atoms with Crippen molar-refractivity contribution in [3.05, 3.63) is 90.1 Å². The van der Waals surface area contributed by atoms with E-state index in [1.807, 2.05) is 4.90 Å². The number of aromatic nitrogens is 4. The van der Waals surface area contributed by atoms with Crippen molar-refractivity contribution in [3.8, 4) is 16.9 Å². The van der Waals surface area contributed by atoms with Crippen molar-refractivity contribution in [3.63, 3.8) is 0 Å². The van der Waals surface area contributed by atoms with Gasteiger partial charge in [-0.3, -0.25) is 4.79 Å². The van der Waals surface area contributed by atoms with Crippen LogP contribution in [-0.4, -0.2) is 56.5 Å². The summed E-state index contributed by atoms with van der Waals surface area (Å²) in [5, 5.41) is 0. The van der Waals surface area contributed by atoms with Gasteiger partial charge in [-0.15, -0.1) is 0 Å². The minimum absolute atomic E-state index is 0.0468. The van der Waals surface area contributed by atoms with E-state index in [4.69, 9.17) is 4.98 Å². The van der Waals surface area contributed by atoms with Crippen LogP contribution in [0.25, 0.3) is 16.9 Å². The average molecular weight is 475 g/mol. The first-order chi connectivity index (χ1) is 17.0. The quantitative estimate of drug-likeness (QED) is 0.440. The standard InChI is InChI=1S/C26H24F2N6O/c1-18-15-19(3-8-22(18)28)23-17-34(21-6-4-20(27)5-7-21)24(31-23)16-25(35)32-11-13-33(14-12-32)26-29-9-2-10-30-26/h2-10,15,17H,11-14,16H2,1H3. The molecule has 35 heavy (non-hydrogen) atoms. The van der Waals surface area contributed by atoms with Crippen LogP contribution in [-0.2, 0) is 11.2 Å². The van der Waals surface area contributed by atoms with Crippen LogP contribution in [0.15, 0.2) is 67.1 Å². The van der Waals surface area contributed by atoms with Gasteiger partial charge in [0, 0.05) is 56.0 Å². The molecule has 0 spiro atoms. The summed E-state index contributed by atoms with van der Waals surface area (Å²) in [4.78, 5) is 30.4. The molecule has 0 N–H and O–H groups in total. The van der Waals surface area contributed by atoms with Crippen LogP contribution >= 0.6 is 0 Å². The Morgan fingerprint density at radius 1 is 0.971 bits per heavy atom. The zero-order chi connectivity index (χ0) is 24.4. The van der Waals surface area contributed by atoms with E-state index in [0.29, 0.717) is 54.9 Å². The Morgan fingerprint density at radius 3 is 2.37 bits per heavy atom. The highest BCUT2D eigenvalue weighted by atomic mass is 19.1. The van der Waals surface area contributed by atoms with E-state index in [1.54, 1.807) is 60.4 Å². The minimum Gasteiger partial charge on any atom is -0.339 e. The maximum absolute atomic E-state index is 13.8. The van der Waals surface area contributed by atoms with Crippen LogP contribution in [0.1, 0.15) is 11.4 Å². The lowest BCUT2D eigenvalue weighted by Gasteiger charge is -2.34. The molecule has 1 saturated heterocycles. The Labute approximate surface area is 201 Å². The Balaban J connectivity index is 1.38. The van der Waals surface area contributed by atoms with E-state index in [2.05, 4.69) is 14.9 Å². The average Bonchev–Trinajstić information content (AvgIpc) is 3.30. The van der Waals surface area contributed by atoms with E-state index in [0.717, 1.165) is 5.56 Å². The van der Waals surface area contributed by atoms with Gasteiger partial charge in [0.2, 0.25) is 11.9 Å². The number of carbonyl (C=O) groups excluding carboxylic acids is 1. The predicted octanol–water partition coefficient (Wildman–Crippen LogP) is 3.81. The number of piperazine rings is 1. The molecular weight excluding hydrogens is 450 g/mol. The molecule has 178 valence electrons. The largest absolute Gasteiger partial charge is 0.339 e. The summed E-state index contributed by atoms with van der Waals surface area (Å²) in [5.74, 6) is 0.510. The van der Waals surface area contributed by atoms with Crippen molar-refractivity contribution < 1.29 is 13.6 Å². The van der Waals surface area contributed by atoms with Crippen molar-refractivity contribution >= 4 is 11.9 Å². The summed E-state index contributed by atoms with van der Waals surface area (Å²) in [6.45, 7) is 4.08. The molecular formula is C26H24F2N6O. The van der Waals surface area contributed by atoms with Crippen molar-refractivity contribution in [2.45, 2.75) is 13.3 Å². The van der Waals surface area contributed by atoms with Crippen molar-refractivity contribution in [2.75, 3.05) is 31.1 Å². The van der Waals surface area contributed by atoms with Gasteiger partial charge in [0.15, 0.2) is 0 Å². The van der Waals surface area contributed by atoms with E-state index >= 15 is 0 Å². The number of imidazole rings is 1. The monoisotopic (exact) mass is 474 g/mol. The summed E-state index contributed by atoms with van der Waals surface area (Å²) >= 11 is 0. The molecule has 1 fully saturated rings. The molecule has 0 unspecified atom stereocenters. The Bertz CT molecular complexity index is 1330. The third-order valence-corrected chi connectivity index (χ3v) is 6.11. The van der Waals surface area contributed by atoms with E-state index in [9.17, 15) is 13.6 Å². The molecule has 5 rings (SSSR count). The Kier molecular flexibility index (Phi) is 6.22. The summed E-state index contributed by atoms with van der Waals surface area (Å²) in [6, 6.07) is 12.6. The fourth-order valence-electron chi connectivity index (χ4n) is 4.17. The lowest BCUT2D eigenvalue weighted by atomic mass is 10.1. The number of amides is 1. The molecule has 0 aliphatic carbocycles. The Morgan fingerprint density at radius 2 is 1.69 bits per heavy atom. The van der Waals surface area contributed by atoms with Crippen LogP contribution in [0.5, 0.6) is 0 Å². The van der Waals surface area contributed by atoms with Gasteiger partial charge in [-0.1, -0.05) is 0 Å². The van der Waals surface area contributed by atoms with Gasteiger partial charge in [0.05, 0.1) is 12.1 Å². The molecule has 9 heteroatoms. The summed E-state index contributed by atoms with van der Waals surface area (Å²) < 4.78 is 29.1. The van der Waals surface area contributed by atoms with Crippen LogP contribution in [0, 0.1) is 18.6 Å². The minimum atomic E-state index is -0.346. The second kappa shape index (κ2) is 9.61. The van der Waals surface area contributed by atoms with Crippen molar-refractivity contribution in [1.29, 1.82) is 0 Å². The van der Waals surface area contributed by atoms with Gasteiger partial charge < -0.3 is 14.4 Å². The number of hydrogen-bond acceptors (Lipinski definition) is 5. The third kappa shape index (κ3) is 4.89. The lowest BCUT2D eigenvalue weighted by Crippen LogP contribution is -2.49. The van der Waals surface area contributed by atoms with Gasteiger partial charge >= 0.3 is 0 Å². The van der Waals surface area contributed by atoms with Crippen molar-refractivity contribution in [2.24, 2.45) is 0 Å². The highest BCUT2D eigenvalue weighted by Crippen LogP contribution is 2.24. The molecule has 2 aromatic carbocycles. The Hall–Kier alpha value is -4.14. The highest BCUT2D eigenvalue weighted by molar-refractivity contribution is 5.79. The number of hydrogen-bond donors (Lipinski definition) is 0. The van der Waals surface area contributed by atoms with E-state index in [-0.39, 0.29) is 24.0 Å². The van der Waals surface area contributed by atoms with Crippen LogP contribution in [0.3, 0.4) is 0 Å². The lowest BCUT2D eigenvalue weighted by molar-refractivity contribution is -0.130. The molecule has 0 atom stereocenters. The van der Waals surface area contributed by atoms with E-state index in [1.165, 1.54) is 18.2 Å². The van der Waals surface area contributed by atoms with Crippen molar-refractivity contribution in [1.82, 2.24) is 24.4 Å². The molecule has 4 aromatic rings. The molecule has 0 saturated carbocycles. The first-order valence-electron chi connectivity index (χ1n) is 11.4. The predicted molar refractivity (Wildman–Crippen MR) is 128 cm³/mol. The topological polar surface area (TPSA) is 67.2 Å². The van der Waals surface area contributed by atoms with Gasteiger partial charge in [-0.25, -0.2) is 23.7 Å². The molecule has 7 nitrogen and oxygen atoms in total. The van der Waals surface area contributed by atoms with Crippen LogP contribution in [0.2, 0.25) is 0 Å². The highest BCUT2D eigenvalue weighted by Gasteiger charge is 2.24. The summed E-state index contributed by atoms with van der Waals surface area (Å²) in [6.07, 6.45) is 5.29. The maximum Gasteiger partial charge on any atom is 0.230 e. The second-order valence-electron chi connectivity index (χ2n) is 8.45. The zero-order valence-corrected chi connectivity index (χ0v) is 19.2. The number of nitrogens with zero attached hydrogens (tertiary/aromatic N) is 6. The third-order valence-electron chi connectivity index (χ3n) is 6.11. The fraction of sp³-hybridized carbons (Fsp3) is 0.231. The molecule has 0 bridgehead atoms. The maximum atomic E-state index is 13.8. The zero-order valence-electron chi connectivity index (χ0n) is 19.2. The summed E-state index contributed by atoms with van der Waals surface area (Å²) in [7, 11) is 0. The molecule has 1 aliphatic rings. The van der Waals surface area contributed by atoms with Gasteiger partial charge in [-0.05, 0) is 61.0 Å². The molecule has 0 radical (unpaired) electrons. The van der Waals surface area contributed by atoms with Gasteiger partial charge in [-0.2, -0.15) is 0 Å². The number of carbonyl (C=O) groups is 1. The smallest absolute Gasteiger partial charge is 0.230 e. The first kappa shape index (κ1) is 22.6. The number of aryl methyl sites for hydroxylation is 1. The number of benzene rings is 2. The molecule has 1 amide bonds. The first-order valence-corrected chi connectivity index (χ1v) is 11.4. The van der Waals surface area contributed by atoms with E-state index < -0.39 is 0 Å². The second-order valence-corrected chi connectivity index (χ2v) is 8.45. The number of rotatable bonds is 5. The van der Waals surface area contributed by atoms with Crippen LogP contribution < -0.4 is 4.90 Å². The fourth-order valence-corrected chi connectivity index (χ4v) is 4.17. The SMILES string of the molecule is Cc1cc(-c2cn(-c3ccc(F)cc3)c(CC(=O)N3CCN(c4ncccn4)CC3)n2)ccc1F. The number of halogens is 2. The normalized spacial score (nSPS) is 13.8. The van der Waals surface area contributed by atoms with Crippen LogP contribution in [0.4, 0.5) is 14.7 Å².